The monoisotopic (exact) mass is 726 g/mol. The summed E-state index contributed by atoms with van der Waals surface area (Å²) >= 11 is 12.9. The van der Waals surface area contributed by atoms with Crippen molar-refractivity contribution in [3.63, 3.8) is 0 Å². The summed E-state index contributed by atoms with van der Waals surface area (Å²) in [5.41, 5.74) is 1.38. The van der Waals surface area contributed by atoms with Gasteiger partial charge in [-0.2, -0.15) is 0 Å². The van der Waals surface area contributed by atoms with E-state index in [0.717, 1.165) is 43.0 Å². The van der Waals surface area contributed by atoms with Gasteiger partial charge in [0.2, 0.25) is 0 Å². The Morgan fingerprint density at radius 1 is 0.940 bits per heavy atom. The lowest BCUT2D eigenvalue weighted by Gasteiger charge is -2.44. The largest absolute Gasteiger partial charge is 0.493 e. The molecule has 1 aromatic heterocycles. The van der Waals surface area contributed by atoms with Crippen LogP contribution in [0.3, 0.4) is 0 Å². The van der Waals surface area contributed by atoms with E-state index >= 15 is 8.78 Å². The number of carbonyl (C=O) groups excluding carboxylic acids is 2. The van der Waals surface area contributed by atoms with Gasteiger partial charge in [0.15, 0.2) is 23.9 Å². The van der Waals surface area contributed by atoms with Gasteiger partial charge in [-0.05, 0) is 79.4 Å². The number of hydrogen-bond acceptors (Lipinski definition) is 7. The number of hydrogen-bond donors (Lipinski definition) is 0. The molecule has 2 bridgehead atoms. The lowest BCUT2D eigenvalue weighted by molar-refractivity contribution is -0.377. The molecule has 0 saturated carbocycles. The van der Waals surface area contributed by atoms with E-state index < -0.39 is 35.5 Å². The molecule has 1 unspecified atom stereocenters. The van der Waals surface area contributed by atoms with Crippen LogP contribution >= 0.6 is 23.2 Å². The molecule has 4 heterocycles. The number of esters is 1. The summed E-state index contributed by atoms with van der Waals surface area (Å²) in [6, 6.07) is 14.8. The Kier molecular flexibility index (Phi) is 11.1. The molecule has 9 nitrogen and oxygen atoms in total. The van der Waals surface area contributed by atoms with Crippen molar-refractivity contribution in [1.29, 1.82) is 0 Å². The maximum Gasteiger partial charge on any atom is 0.415 e. The molecule has 0 aliphatic carbocycles. The third-order valence-electron chi connectivity index (χ3n) is 9.22. The average molecular weight is 728 g/mol. The topological polar surface area (TPSA) is 91.7 Å². The maximum absolute atomic E-state index is 15.0. The van der Waals surface area contributed by atoms with E-state index in [0.29, 0.717) is 44.8 Å². The van der Waals surface area contributed by atoms with Crippen LogP contribution in [0.15, 0.2) is 73.1 Å². The van der Waals surface area contributed by atoms with E-state index in [9.17, 15) is 9.59 Å². The predicted octanol–water partition coefficient (Wildman–Crippen LogP) is 7.48. The molecule has 1 amide bonds. The van der Waals surface area contributed by atoms with Crippen molar-refractivity contribution in [1.82, 2.24) is 4.90 Å². The summed E-state index contributed by atoms with van der Waals surface area (Å²) in [4.78, 5) is 33.2. The first kappa shape index (κ1) is 35.4. The number of ether oxygens (including phenoxy) is 4. The molecule has 3 saturated heterocycles. The Bertz CT molecular complexity index is 1820. The summed E-state index contributed by atoms with van der Waals surface area (Å²) in [6.45, 7) is 2.27. The molecule has 1 N–H and O–H groups in total. The van der Waals surface area contributed by atoms with Crippen molar-refractivity contribution in [2.75, 3.05) is 38.8 Å². The number of nitrogens with zero attached hydrogens (tertiary/aromatic N) is 2. The van der Waals surface area contributed by atoms with Crippen molar-refractivity contribution in [2.24, 2.45) is 5.92 Å². The van der Waals surface area contributed by atoms with Gasteiger partial charge >= 0.3 is 12.1 Å². The highest BCUT2D eigenvalue weighted by atomic mass is 35.5. The highest BCUT2D eigenvalue weighted by Gasteiger charge is 2.38. The second kappa shape index (κ2) is 15.6. The first-order valence-electron chi connectivity index (χ1n) is 16.2. The summed E-state index contributed by atoms with van der Waals surface area (Å²) in [6.07, 6.45) is 3.08. The number of benzene rings is 3. The number of piperidine rings is 3. The fraction of sp³-hybridized carbons (Fsp3) is 0.324. The molecular formula is C37H36Cl2F2N3O6+. The van der Waals surface area contributed by atoms with Gasteiger partial charge in [0.25, 0.3) is 0 Å². The molecule has 50 heavy (non-hydrogen) atoms. The fourth-order valence-electron chi connectivity index (χ4n) is 6.48. The summed E-state index contributed by atoms with van der Waals surface area (Å²) in [5, 5.41) is 0.734. The molecule has 3 aliphatic heterocycles. The Balaban J connectivity index is 1.23. The lowest BCUT2D eigenvalue weighted by atomic mass is 9.86. The van der Waals surface area contributed by atoms with E-state index in [4.69, 9.17) is 42.1 Å². The quantitative estimate of drug-likeness (QED) is 0.148. The molecule has 0 spiro atoms. The SMILES string of the molecule is COc1ccc(C(Cc2c(Cl)c[nH+]cc2Cl)OC(=O)c2ccc(CN(C(=O)O[C@H]3CN4CCC3CC4)c3c(F)cccc3F)cc2)cc1OC. The number of nitrogens with one attached hydrogen (secondary N) is 1. The van der Waals surface area contributed by atoms with Gasteiger partial charge in [-0.3, -0.25) is 9.80 Å². The normalized spacial score (nSPS) is 18.6. The van der Waals surface area contributed by atoms with Gasteiger partial charge in [0.1, 0.15) is 39.6 Å². The van der Waals surface area contributed by atoms with E-state index in [2.05, 4.69) is 9.88 Å². The van der Waals surface area contributed by atoms with E-state index in [1.54, 1.807) is 42.7 Å². The van der Waals surface area contributed by atoms with Crippen LogP contribution in [-0.2, 0) is 22.4 Å². The number of rotatable bonds is 11. The second-order valence-electron chi connectivity index (χ2n) is 12.3. The minimum absolute atomic E-state index is 0.149. The number of halogens is 4. The van der Waals surface area contributed by atoms with Gasteiger partial charge < -0.3 is 18.9 Å². The minimum atomic E-state index is -0.895. The number of aromatic nitrogens is 1. The Labute approximate surface area is 298 Å². The zero-order chi connectivity index (χ0) is 35.4. The van der Waals surface area contributed by atoms with Crippen LogP contribution < -0.4 is 19.4 Å². The van der Waals surface area contributed by atoms with Crippen LogP contribution in [0.25, 0.3) is 0 Å². The third-order valence-corrected chi connectivity index (χ3v) is 9.90. The number of anilines is 1. The Morgan fingerprint density at radius 2 is 1.60 bits per heavy atom. The molecule has 0 radical (unpaired) electrons. The van der Waals surface area contributed by atoms with Crippen LogP contribution in [0.1, 0.15) is 46.0 Å². The number of amides is 1. The van der Waals surface area contributed by atoms with Gasteiger partial charge in [-0.25, -0.2) is 23.4 Å². The maximum atomic E-state index is 15.0. The number of fused-ring (bicyclic) bond motifs is 3. The molecule has 13 heteroatoms. The molecule has 4 aromatic rings. The minimum Gasteiger partial charge on any atom is -0.493 e. The number of pyridine rings is 1. The molecule has 2 atom stereocenters. The van der Waals surface area contributed by atoms with E-state index in [-0.39, 0.29) is 30.6 Å². The highest BCUT2D eigenvalue weighted by molar-refractivity contribution is 6.35. The standard InChI is InChI=1S/C37H35Cl2F2N3O6/c1-47-31-11-10-25(16-33(31)48-2)32(17-26-27(38)18-42-19-28(26)39)49-36(45)24-8-6-22(7-9-24)20-44(35-29(40)4-3-5-30(35)41)37(46)50-34-21-43-14-12-23(34)13-15-43/h3-11,16,18-19,23,32,34H,12-15,17,20-21H2,1-2H3/p+1/t32?,34-/m0/s1. The Morgan fingerprint density at radius 3 is 2.20 bits per heavy atom. The molecular weight excluding hydrogens is 691 g/mol. The van der Waals surface area contributed by atoms with E-state index in [1.807, 2.05) is 0 Å². The molecule has 3 aromatic carbocycles. The van der Waals surface area contributed by atoms with Crippen molar-refractivity contribution in [2.45, 2.75) is 38.0 Å². The number of aromatic amines is 1. The van der Waals surface area contributed by atoms with Crippen LogP contribution in [-0.4, -0.2) is 56.9 Å². The van der Waals surface area contributed by atoms with Gasteiger partial charge in [-0.15, -0.1) is 0 Å². The number of H-pyrrole nitrogens is 1. The smallest absolute Gasteiger partial charge is 0.415 e. The van der Waals surface area contributed by atoms with Gasteiger partial charge in [0, 0.05) is 18.5 Å². The number of para-hydroxylation sites is 1. The lowest BCUT2D eigenvalue weighted by Crippen LogP contribution is -2.53. The number of methoxy groups -OCH3 is 2. The van der Waals surface area contributed by atoms with Crippen LogP contribution in [0.4, 0.5) is 19.3 Å². The van der Waals surface area contributed by atoms with Crippen LogP contribution in [0.5, 0.6) is 11.5 Å². The highest BCUT2D eigenvalue weighted by Crippen LogP contribution is 2.36. The Hall–Kier alpha value is -4.45. The molecule has 7 rings (SSSR count). The summed E-state index contributed by atoms with van der Waals surface area (Å²) < 4.78 is 52.8. The summed E-state index contributed by atoms with van der Waals surface area (Å²) in [7, 11) is 3.02. The molecule has 3 fully saturated rings. The van der Waals surface area contributed by atoms with Gasteiger partial charge in [-0.1, -0.05) is 47.5 Å². The average Bonchev–Trinajstić information content (AvgIpc) is 3.12. The van der Waals surface area contributed by atoms with Crippen molar-refractivity contribution in [3.05, 3.63) is 117 Å². The van der Waals surface area contributed by atoms with Gasteiger partial charge in [0.05, 0.1) is 26.3 Å². The first-order chi connectivity index (χ1) is 24.1. The zero-order valence-corrected chi connectivity index (χ0v) is 29.0. The second-order valence-corrected chi connectivity index (χ2v) is 13.1. The van der Waals surface area contributed by atoms with Crippen LogP contribution in [0, 0.1) is 17.6 Å². The zero-order valence-electron chi connectivity index (χ0n) is 27.5. The van der Waals surface area contributed by atoms with Crippen molar-refractivity contribution < 1.29 is 42.3 Å². The summed E-state index contributed by atoms with van der Waals surface area (Å²) in [5.74, 6) is -1.29. The molecule has 262 valence electrons. The van der Waals surface area contributed by atoms with Crippen molar-refractivity contribution >= 4 is 41.0 Å². The fourth-order valence-corrected chi connectivity index (χ4v) is 7.01. The van der Waals surface area contributed by atoms with E-state index in [1.165, 1.54) is 32.4 Å². The van der Waals surface area contributed by atoms with Crippen molar-refractivity contribution in [3.8, 4) is 11.5 Å². The van der Waals surface area contributed by atoms with Crippen LogP contribution in [0.2, 0.25) is 10.0 Å². The molecule has 3 aliphatic rings. The number of carbonyl (C=O) groups is 2. The third kappa shape index (κ3) is 7.80. The predicted molar refractivity (Wildman–Crippen MR) is 183 cm³/mol. The first-order valence-corrected chi connectivity index (χ1v) is 16.9.